The molecule has 0 saturated heterocycles. The van der Waals surface area contributed by atoms with Gasteiger partial charge in [-0.15, -0.1) is 0 Å². The molecule has 0 saturated carbocycles. The molecule has 0 radical (unpaired) electrons. The van der Waals surface area contributed by atoms with Gasteiger partial charge in [-0.05, 0) is 40.5 Å². The molecule has 1 aromatic heterocycles. The van der Waals surface area contributed by atoms with Gasteiger partial charge in [0.2, 0.25) is 0 Å². The lowest BCUT2D eigenvalue weighted by Crippen LogP contribution is -2.29. The summed E-state index contributed by atoms with van der Waals surface area (Å²) in [7, 11) is 0. The van der Waals surface area contributed by atoms with Crippen molar-refractivity contribution in [2.75, 3.05) is 0 Å². The van der Waals surface area contributed by atoms with E-state index >= 15 is 0 Å². The van der Waals surface area contributed by atoms with Gasteiger partial charge in [-0.25, -0.2) is 5.43 Å². The molecule has 2 aromatic rings. The fourth-order valence-corrected chi connectivity index (χ4v) is 2.28. The Hall–Kier alpha value is -1.23. The normalized spacial score (nSPS) is 12.4. The summed E-state index contributed by atoms with van der Waals surface area (Å²) in [6.45, 7) is 2.06. The van der Waals surface area contributed by atoms with Crippen molar-refractivity contribution in [2.45, 2.75) is 13.0 Å². The number of hydrazine groups is 1. The van der Waals surface area contributed by atoms with Crippen LogP contribution in [-0.4, -0.2) is 4.98 Å². The van der Waals surface area contributed by atoms with Crippen molar-refractivity contribution in [2.24, 2.45) is 5.84 Å². The molecule has 3 N–H and O–H groups in total. The van der Waals surface area contributed by atoms with Crippen molar-refractivity contribution in [1.29, 1.82) is 0 Å². The molecule has 0 aliphatic rings. The molecule has 0 aliphatic carbocycles. The molecule has 4 heteroatoms. The molecule has 2 rings (SSSR count). The Kier molecular flexibility index (Phi) is 3.89. The summed E-state index contributed by atoms with van der Waals surface area (Å²) in [4.78, 5) is 4.37. The molecule has 0 amide bonds. The van der Waals surface area contributed by atoms with Crippen molar-refractivity contribution in [3.8, 4) is 0 Å². The summed E-state index contributed by atoms with van der Waals surface area (Å²) >= 11 is 3.50. The SMILES string of the molecule is Cc1cccc(C(NN)c2ncccc2Br)c1. The number of nitrogens with one attached hydrogen (secondary N) is 1. The Balaban J connectivity index is 2.44. The number of rotatable bonds is 3. The lowest BCUT2D eigenvalue weighted by atomic mass is 10.0. The van der Waals surface area contributed by atoms with Crippen LogP contribution >= 0.6 is 15.9 Å². The zero-order valence-corrected chi connectivity index (χ0v) is 11.1. The van der Waals surface area contributed by atoms with Gasteiger partial charge in [-0.2, -0.15) is 0 Å². The van der Waals surface area contributed by atoms with Gasteiger partial charge in [-0.1, -0.05) is 29.8 Å². The second-order valence-corrected chi connectivity index (χ2v) is 4.74. The Labute approximate surface area is 109 Å². The molecule has 0 spiro atoms. The number of hydrogen-bond donors (Lipinski definition) is 2. The molecule has 1 atom stereocenters. The Morgan fingerprint density at radius 1 is 1.29 bits per heavy atom. The second-order valence-electron chi connectivity index (χ2n) is 3.88. The lowest BCUT2D eigenvalue weighted by molar-refractivity contribution is 0.617. The zero-order chi connectivity index (χ0) is 12.3. The van der Waals surface area contributed by atoms with Gasteiger partial charge in [-0.3, -0.25) is 10.8 Å². The first-order valence-corrected chi connectivity index (χ1v) is 6.15. The maximum absolute atomic E-state index is 5.64. The maximum atomic E-state index is 5.64. The van der Waals surface area contributed by atoms with Crippen LogP contribution in [0.2, 0.25) is 0 Å². The van der Waals surface area contributed by atoms with Crippen LogP contribution < -0.4 is 11.3 Å². The van der Waals surface area contributed by atoms with E-state index in [1.54, 1.807) is 6.20 Å². The smallest absolute Gasteiger partial charge is 0.0893 e. The molecule has 1 unspecified atom stereocenters. The first kappa shape index (κ1) is 12.2. The summed E-state index contributed by atoms with van der Waals surface area (Å²) in [5.41, 5.74) is 6.01. The average Bonchev–Trinajstić information content (AvgIpc) is 2.33. The predicted octanol–water partition coefficient (Wildman–Crippen LogP) is 2.71. The van der Waals surface area contributed by atoms with E-state index in [1.165, 1.54) is 5.56 Å². The van der Waals surface area contributed by atoms with Gasteiger partial charge in [0.05, 0.1) is 11.7 Å². The number of halogens is 1. The minimum absolute atomic E-state index is 0.106. The number of aryl methyl sites for hydroxylation is 1. The molecule has 88 valence electrons. The first-order chi connectivity index (χ1) is 8.22. The Morgan fingerprint density at radius 2 is 2.12 bits per heavy atom. The second kappa shape index (κ2) is 5.40. The summed E-state index contributed by atoms with van der Waals surface area (Å²) in [6.07, 6.45) is 1.76. The summed E-state index contributed by atoms with van der Waals surface area (Å²) in [6, 6.07) is 12.0. The van der Waals surface area contributed by atoms with Gasteiger partial charge in [0.25, 0.3) is 0 Å². The van der Waals surface area contributed by atoms with Crippen LogP contribution in [-0.2, 0) is 0 Å². The van der Waals surface area contributed by atoms with Gasteiger partial charge in [0.15, 0.2) is 0 Å². The molecule has 1 aromatic carbocycles. The number of aromatic nitrogens is 1. The largest absolute Gasteiger partial charge is 0.271 e. The minimum Gasteiger partial charge on any atom is -0.271 e. The van der Waals surface area contributed by atoms with E-state index in [-0.39, 0.29) is 6.04 Å². The monoisotopic (exact) mass is 291 g/mol. The average molecular weight is 292 g/mol. The number of pyridine rings is 1. The summed E-state index contributed by atoms with van der Waals surface area (Å²) in [5.74, 6) is 5.64. The standard InChI is InChI=1S/C13H14BrN3/c1-9-4-2-5-10(8-9)12(17-15)13-11(14)6-3-7-16-13/h2-8,12,17H,15H2,1H3. The highest BCUT2D eigenvalue weighted by atomic mass is 79.9. The molecule has 0 fully saturated rings. The van der Waals surface area contributed by atoms with Crippen LogP contribution in [0.3, 0.4) is 0 Å². The van der Waals surface area contributed by atoms with Crippen LogP contribution in [0.5, 0.6) is 0 Å². The molecule has 1 heterocycles. The third-order valence-electron chi connectivity index (χ3n) is 2.60. The fraction of sp³-hybridized carbons (Fsp3) is 0.154. The van der Waals surface area contributed by atoms with Crippen LogP contribution in [0, 0.1) is 6.92 Å². The highest BCUT2D eigenvalue weighted by molar-refractivity contribution is 9.10. The Bertz CT molecular complexity index is 514. The van der Waals surface area contributed by atoms with Crippen molar-refractivity contribution in [3.63, 3.8) is 0 Å². The number of hydrogen-bond acceptors (Lipinski definition) is 3. The van der Waals surface area contributed by atoms with Gasteiger partial charge >= 0.3 is 0 Å². The number of benzene rings is 1. The highest BCUT2D eigenvalue weighted by Crippen LogP contribution is 2.26. The topological polar surface area (TPSA) is 50.9 Å². The van der Waals surface area contributed by atoms with Crippen molar-refractivity contribution >= 4 is 15.9 Å². The predicted molar refractivity (Wildman–Crippen MR) is 72.3 cm³/mol. The molecular formula is C13H14BrN3. The van der Waals surface area contributed by atoms with Gasteiger partial charge in [0, 0.05) is 10.7 Å². The van der Waals surface area contributed by atoms with E-state index in [4.69, 9.17) is 5.84 Å². The van der Waals surface area contributed by atoms with Gasteiger partial charge < -0.3 is 0 Å². The third kappa shape index (κ3) is 2.72. The van der Waals surface area contributed by atoms with E-state index in [9.17, 15) is 0 Å². The van der Waals surface area contributed by atoms with Crippen molar-refractivity contribution < 1.29 is 0 Å². The van der Waals surface area contributed by atoms with E-state index < -0.39 is 0 Å². The minimum atomic E-state index is -0.106. The Morgan fingerprint density at radius 3 is 2.76 bits per heavy atom. The van der Waals surface area contributed by atoms with Gasteiger partial charge in [0.1, 0.15) is 0 Å². The molecule has 17 heavy (non-hydrogen) atoms. The first-order valence-electron chi connectivity index (χ1n) is 5.35. The van der Waals surface area contributed by atoms with E-state index in [2.05, 4.69) is 45.4 Å². The molecule has 3 nitrogen and oxygen atoms in total. The van der Waals surface area contributed by atoms with E-state index in [0.717, 1.165) is 15.7 Å². The van der Waals surface area contributed by atoms with Crippen LogP contribution in [0.25, 0.3) is 0 Å². The van der Waals surface area contributed by atoms with Crippen LogP contribution in [0.4, 0.5) is 0 Å². The summed E-state index contributed by atoms with van der Waals surface area (Å²) < 4.78 is 0.949. The lowest BCUT2D eigenvalue weighted by Gasteiger charge is -2.17. The third-order valence-corrected chi connectivity index (χ3v) is 3.27. The van der Waals surface area contributed by atoms with Crippen LogP contribution in [0.15, 0.2) is 47.1 Å². The fourth-order valence-electron chi connectivity index (χ4n) is 1.79. The van der Waals surface area contributed by atoms with E-state index in [1.807, 2.05) is 24.3 Å². The van der Waals surface area contributed by atoms with Crippen molar-refractivity contribution in [3.05, 3.63) is 63.9 Å². The molecular weight excluding hydrogens is 278 g/mol. The highest BCUT2D eigenvalue weighted by Gasteiger charge is 2.16. The molecule has 0 aliphatic heterocycles. The van der Waals surface area contributed by atoms with E-state index in [0.29, 0.717) is 0 Å². The zero-order valence-electron chi connectivity index (χ0n) is 9.52. The van der Waals surface area contributed by atoms with Crippen LogP contribution in [0.1, 0.15) is 22.9 Å². The maximum Gasteiger partial charge on any atom is 0.0893 e. The quantitative estimate of drug-likeness (QED) is 0.675. The molecule has 0 bridgehead atoms. The summed E-state index contributed by atoms with van der Waals surface area (Å²) in [5, 5.41) is 0. The van der Waals surface area contributed by atoms with Crippen molar-refractivity contribution in [1.82, 2.24) is 10.4 Å². The number of nitrogens with two attached hydrogens (primary N) is 1. The number of nitrogens with zero attached hydrogens (tertiary/aromatic N) is 1.